The van der Waals surface area contributed by atoms with Crippen LogP contribution < -0.4 is 5.32 Å². The maximum Gasteiger partial charge on any atom is 0.300 e. The molecule has 1 aromatic rings. The second kappa shape index (κ2) is 4.70. The Morgan fingerprint density at radius 2 is 2.40 bits per heavy atom. The molecular formula is C8H8ClN3O3. The molecule has 0 radical (unpaired) electrons. The number of hydrogen-bond acceptors (Lipinski definition) is 4. The van der Waals surface area contributed by atoms with Crippen LogP contribution in [0.5, 0.6) is 0 Å². The highest BCUT2D eigenvalue weighted by atomic mass is 35.5. The average Bonchev–Trinajstić information content (AvgIpc) is 2.17. The molecule has 0 saturated carbocycles. The number of pyridine rings is 1. The molecule has 6 nitrogen and oxygen atoms in total. The summed E-state index contributed by atoms with van der Waals surface area (Å²) in [6.45, 7) is 2.10. The number of amides is 1. The van der Waals surface area contributed by atoms with Gasteiger partial charge in [-0.05, 0) is 13.0 Å². The number of carbonyl (C=O) groups is 1. The number of nitrogens with zero attached hydrogens (tertiary/aromatic N) is 2. The molecular weight excluding hydrogens is 222 g/mol. The van der Waals surface area contributed by atoms with Crippen LogP contribution in [0.4, 0.5) is 5.69 Å². The predicted molar refractivity (Wildman–Crippen MR) is 53.9 cm³/mol. The third-order valence-electron chi connectivity index (χ3n) is 1.63. The van der Waals surface area contributed by atoms with Gasteiger partial charge in [0.05, 0.1) is 4.92 Å². The van der Waals surface area contributed by atoms with Gasteiger partial charge in [-0.3, -0.25) is 14.9 Å². The van der Waals surface area contributed by atoms with Crippen molar-refractivity contribution < 1.29 is 9.72 Å². The number of carbonyl (C=O) groups excluding carboxylic acids is 1. The molecule has 0 fully saturated rings. The van der Waals surface area contributed by atoms with E-state index in [9.17, 15) is 14.9 Å². The van der Waals surface area contributed by atoms with Crippen molar-refractivity contribution in [3.8, 4) is 0 Å². The average molecular weight is 230 g/mol. The van der Waals surface area contributed by atoms with E-state index in [2.05, 4.69) is 10.3 Å². The van der Waals surface area contributed by atoms with Crippen LogP contribution >= 0.6 is 11.6 Å². The topological polar surface area (TPSA) is 85.1 Å². The first-order valence-corrected chi connectivity index (χ1v) is 4.52. The van der Waals surface area contributed by atoms with Gasteiger partial charge >= 0.3 is 0 Å². The molecule has 7 heteroatoms. The third-order valence-corrected chi connectivity index (χ3v) is 1.83. The van der Waals surface area contributed by atoms with E-state index in [4.69, 9.17) is 11.6 Å². The minimum atomic E-state index is -0.673. The summed E-state index contributed by atoms with van der Waals surface area (Å²) in [5.41, 5.74) is -0.438. The molecule has 0 aliphatic heterocycles. The number of aromatic nitrogens is 1. The summed E-state index contributed by atoms with van der Waals surface area (Å²) in [6, 6.07) is 1.17. The van der Waals surface area contributed by atoms with Gasteiger partial charge in [-0.2, -0.15) is 0 Å². The maximum absolute atomic E-state index is 11.4. The quantitative estimate of drug-likeness (QED) is 0.482. The fourth-order valence-electron chi connectivity index (χ4n) is 1.01. The largest absolute Gasteiger partial charge is 0.352 e. The fraction of sp³-hybridized carbons (Fsp3) is 0.250. The second-order valence-corrected chi connectivity index (χ2v) is 3.03. The van der Waals surface area contributed by atoms with Crippen molar-refractivity contribution in [1.29, 1.82) is 0 Å². The van der Waals surface area contributed by atoms with E-state index < -0.39 is 10.8 Å². The van der Waals surface area contributed by atoms with Crippen LogP contribution in [0.15, 0.2) is 12.3 Å². The van der Waals surface area contributed by atoms with Crippen LogP contribution in [-0.2, 0) is 0 Å². The number of nitrogens with one attached hydrogen (secondary N) is 1. The molecule has 0 atom stereocenters. The second-order valence-electron chi connectivity index (χ2n) is 2.64. The van der Waals surface area contributed by atoms with Gasteiger partial charge in [-0.25, -0.2) is 4.98 Å². The number of hydrogen-bond donors (Lipinski definition) is 1. The molecule has 0 unspecified atom stereocenters. The standard InChI is InChI=1S/C8H8ClN3O3/c1-2-10-8(13)5-3-7(9)11-4-6(5)12(14)15/h3-4H,2H2,1H3,(H,10,13). The molecule has 80 valence electrons. The van der Waals surface area contributed by atoms with Gasteiger partial charge < -0.3 is 5.32 Å². The summed E-state index contributed by atoms with van der Waals surface area (Å²) in [6.07, 6.45) is 0.965. The van der Waals surface area contributed by atoms with Crippen LogP contribution in [-0.4, -0.2) is 22.4 Å². The van der Waals surface area contributed by atoms with Crippen molar-refractivity contribution in [1.82, 2.24) is 10.3 Å². The SMILES string of the molecule is CCNC(=O)c1cc(Cl)ncc1[N+](=O)[O-]. The highest BCUT2D eigenvalue weighted by Crippen LogP contribution is 2.19. The van der Waals surface area contributed by atoms with Crippen LogP contribution in [0.25, 0.3) is 0 Å². The van der Waals surface area contributed by atoms with Gasteiger partial charge in [-0.15, -0.1) is 0 Å². The number of rotatable bonds is 3. The summed E-state index contributed by atoms with van der Waals surface area (Å²) < 4.78 is 0. The normalized spacial score (nSPS) is 9.73. The predicted octanol–water partition coefficient (Wildman–Crippen LogP) is 1.39. The third kappa shape index (κ3) is 2.63. The number of nitro groups is 1. The zero-order valence-electron chi connectivity index (χ0n) is 7.86. The van der Waals surface area contributed by atoms with Gasteiger partial charge in [-0.1, -0.05) is 11.6 Å². The van der Waals surface area contributed by atoms with Gasteiger partial charge in [0.2, 0.25) is 0 Å². The minimum absolute atomic E-state index is 0.0434. The van der Waals surface area contributed by atoms with Gasteiger partial charge in [0.25, 0.3) is 11.6 Å². The first kappa shape index (κ1) is 11.4. The zero-order chi connectivity index (χ0) is 11.4. The summed E-state index contributed by atoms with van der Waals surface area (Å²) in [4.78, 5) is 24.9. The summed E-state index contributed by atoms with van der Waals surface area (Å²) in [5, 5.41) is 13.1. The lowest BCUT2D eigenvalue weighted by Crippen LogP contribution is -2.23. The lowest BCUT2D eigenvalue weighted by molar-refractivity contribution is -0.385. The Morgan fingerprint density at radius 3 is 2.93 bits per heavy atom. The van der Waals surface area contributed by atoms with Crippen molar-refractivity contribution in [3.05, 3.63) is 33.1 Å². The fourth-order valence-corrected chi connectivity index (χ4v) is 1.16. The maximum atomic E-state index is 11.4. The highest BCUT2D eigenvalue weighted by Gasteiger charge is 2.20. The van der Waals surface area contributed by atoms with E-state index in [1.807, 2.05) is 0 Å². The van der Waals surface area contributed by atoms with E-state index in [-0.39, 0.29) is 16.4 Å². The summed E-state index contributed by atoms with van der Waals surface area (Å²) >= 11 is 5.55. The van der Waals surface area contributed by atoms with E-state index in [1.165, 1.54) is 6.07 Å². The molecule has 0 aliphatic carbocycles. The van der Waals surface area contributed by atoms with Gasteiger partial charge in [0.1, 0.15) is 16.9 Å². The molecule has 0 spiro atoms. The van der Waals surface area contributed by atoms with Crippen molar-refractivity contribution in [2.45, 2.75) is 6.92 Å². The van der Waals surface area contributed by atoms with E-state index in [1.54, 1.807) is 6.92 Å². The number of halogens is 1. The zero-order valence-corrected chi connectivity index (χ0v) is 8.61. The summed E-state index contributed by atoms with van der Waals surface area (Å²) in [7, 11) is 0. The Bertz CT molecular complexity index is 408. The van der Waals surface area contributed by atoms with Crippen LogP contribution in [0.3, 0.4) is 0 Å². The van der Waals surface area contributed by atoms with E-state index in [0.29, 0.717) is 6.54 Å². The first-order chi connectivity index (χ1) is 7.06. The highest BCUT2D eigenvalue weighted by molar-refractivity contribution is 6.29. The van der Waals surface area contributed by atoms with Crippen molar-refractivity contribution in [2.75, 3.05) is 6.54 Å². The molecule has 1 heterocycles. The molecule has 1 amide bonds. The molecule has 0 aliphatic rings. The molecule has 1 aromatic heterocycles. The minimum Gasteiger partial charge on any atom is -0.352 e. The van der Waals surface area contributed by atoms with Crippen molar-refractivity contribution >= 4 is 23.2 Å². The van der Waals surface area contributed by atoms with E-state index >= 15 is 0 Å². The van der Waals surface area contributed by atoms with Crippen LogP contribution in [0.1, 0.15) is 17.3 Å². The lowest BCUT2D eigenvalue weighted by Gasteiger charge is -2.02. The monoisotopic (exact) mass is 229 g/mol. The Kier molecular flexibility index (Phi) is 3.56. The molecule has 0 bridgehead atoms. The van der Waals surface area contributed by atoms with Crippen molar-refractivity contribution in [3.63, 3.8) is 0 Å². The molecule has 15 heavy (non-hydrogen) atoms. The molecule has 1 N–H and O–H groups in total. The van der Waals surface area contributed by atoms with Gasteiger partial charge in [0.15, 0.2) is 0 Å². The molecule has 0 aromatic carbocycles. The van der Waals surface area contributed by atoms with Crippen LogP contribution in [0, 0.1) is 10.1 Å². The molecule has 0 saturated heterocycles. The Morgan fingerprint density at radius 1 is 1.73 bits per heavy atom. The molecule has 1 rings (SSSR count). The first-order valence-electron chi connectivity index (χ1n) is 4.14. The van der Waals surface area contributed by atoms with Crippen molar-refractivity contribution in [2.24, 2.45) is 0 Å². The van der Waals surface area contributed by atoms with Gasteiger partial charge in [0, 0.05) is 6.54 Å². The Hall–Kier alpha value is -1.69. The Labute approximate surface area is 90.4 Å². The summed E-state index contributed by atoms with van der Waals surface area (Å²) in [5.74, 6) is -0.534. The van der Waals surface area contributed by atoms with E-state index in [0.717, 1.165) is 6.20 Å². The lowest BCUT2D eigenvalue weighted by atomic mass is 10.2. The smallest absolute Gasteiger partial charge is 0.300 e. The Balaban J connectivity index is 3.18. The van der Waals surface area contributed by atoms with Crippen LogP contribution in [0.2, 0.25) is 5.15 Å².